The quantitative estimate of drug-likeness (QED) is 0.920. The summed E-state index contributed by atoms with van der Waals surface area (Å²) in [4.78, 5) is 4.72. The molecule has 1 aliphatic rings. The van der Waals surface area contributed by atoms with Crippen LogP contribution in [0.4, 0.5) is 10.8 Å². The number of ether oxygens (including phenoxy) is 1. The van der Waals surface area contributed by atoms with Crippen molar-refractivity contribution in [3.05, 3.63) is 0 Å². The normalized spacial score (nSPS) is 20.0. The third kappa shape index (κ3) is 2.95. The van der Waals surface area contributed by atoms with Crippen LogP contribution in [0.15, 0.2) is 0 Å². The van der Waals surface area contributed by atoms with Crippen LogP contribution >= 0.6 is 11.5 Å². The molecule has 0 aliphatic carbocycles. The van der Waals surface area contributed by atoms with Gasteiger partial charge in [-0.25, -0.2) is 0 Å². The number of rotatable bonds is 3. The van der Waals surface area contributed by atoms with Gasteiger partial charge in [-0.1, -0.05) is 0 Å². The van der Waals surface area contributed by atoms with Crippen molar-refractivity contribution in [3.8, 4) is 5.75 Å². The summed E-state index contributed by atoms with van der Waals surface area (Å²) < 4.78 is 10.1. The molecule has 0 spiro atoms. The highest BCUT2D eigenvalue weighted by Gasteiger charge is 2.33. The van der Waals surface area contributed by atoms with E-state index in [2.05, 4.69) is 35.1 Å². The van der Waals surface area contributed by atoms with Gasteiger partial charge in [0.15, 0.2) is 16.6 Å². The van der Waals surface area contributed by atoms with E-state index in [1.54, 1.807) is 0 Å². The van der Waals surface area contributed by atoms with Crippen molar-refractivity contribution < 1.29 is 4.74 Å². The Labute approximate surface area is 119 Å². The number of nitrogen functional groups attached to an aromatic ring is 1. The molecular weight excluding hydrogens is 260 g/mol. The van der Waals surface area contributed by atoms with Crippen molar-refractivity contribution in [2.75, 3.05) is 37.3 Å². The second-order valence-electron chi connectivity index (χ2n) is 6.02. The van der Waals surface area contributed by atoms with Gasteiger partial charge in [0.05, 0.1) is 6.10 Å². The summed E-state index contributed by atoms with van der Waals surface area (Å²) in [5.41, 5.74) is 6.07. The van der Waals surface area contributed by atoms with Gasteiger partial charge in [0.25, 0.3) is 0 Å². The molecule has 1 aliphatic heterocycles. The molecule has 108 valence electrons. The fourth-order valence-electron chi connectivity index (χ4n) is 2.25. The molecule has 1 fully saturated rings. The van der Waals surface area contributed by atoms with E-state index in [1.165, 1.54) is 11.5 Å². The predicted molar refractivity (Wildman–Crippen MR) is 81.2 cm³/mol. The number of piperazine rings is 1. The van der Waals surface area contributed by atoms with Crippen LogP contribution in [0.5, 0.6) is 5.75 Å². The number of nitrogens with two attached hydrogens (primary N) is 1. The molecule has 2 rings (SSSR count). The molecule has 0 atom stereocenters. The molecular formula is C13H24N4OS. The zero-order valence-corrected chi connectivity index (χ0v) is 13.3. The van der Waals surface area contributed by atoms with E-state index in [4.69, 9.17) is 10.5 Å². The first-order chi connectivity index (χ1) is 8.81. The number of hydrogen-bond donors (Lipinski definition) is 1. The molecule has 0 bridgehead atoms. The summed E-state index contributed by atoms with van der Waals surface area (Å²) in [5.74, 6) is 1.26. The Kier molecular flexibility index (Phi) is 3.92. The summed E-state index contributed by atoms with van der Waals surface area (Å²) in [6.45, 7) is 11.5. The van der Waals surface area contributed by atoms with Crippen LogP contribution in [-0.2, 0) is 0 Å². The van der Waals surface area contributed by atoms with E-state index in [0.29, 0.717) is 5.82 Å². The minimum atomic E-state index is 0.109. The number of nitrogens with zero attached hydrogens (tertiary/aromatic N) is 3. The summed E-state index contributed by atoms with van der Waals surface area (Å²) in [6.07, 6.45) is 0.109. The van der Waals surface area contributed by atoms with Gasteiger partial charge < -0.3 is 15.4 Å². The molecule has 1 aromatic heterocycles. The number of likely N-dealkylation sites (N-methyl/N-ethyl adjacent to an activating group) is 1. The number of hydrogen-bond acceptors (Lipinski definition) is 6. The Bertz CT molecular complexity index is 444. The molecule has 0 saturated carbocycles. The average molecular weight is 284 g/mol. The first-order valence-corrected chi connectivity index (χ1v) is 7.46. The lowest BCUT2D eigenvalue weighted by Gasteiger charge is -2.45. The Morgan fingerprint density at radius 2 is 2.05 bits per heavy atom. The zero-order chi connectivity index (χ0) is 14.2. The maximum absolute atomic E-state index is 5.93. The highest BCUT2D eigenvalue weighted by molar-refractivity contribution is 7.11. The van der Waals surface area contributed by atoms with Gasteiger partial charge in [0, 0.05) is 25.2 Å². The van der Waals surface area contributed by atoms with Crippen LogP contribution in [0.1, 0.15) is 27.7 Å². The van der Waals surface area contributed by atoms with E-state index in [1.807, 2.05) is 13.8 Å². The van der Waals surface area contributed by atoms with Gasteiger partial charge in [0.2, 0.25) is 0 Å². The summed E-state index contributed by atoms with van der Waals surface area (Å²) in [5, 5.41) is 1.06. The van der Waals surface area contributed by atoms with Crippen molar-refractivity contribution >= 4 is 22.4 Å². The fourth-order valence-corrected chi connectivity index (χ4v) is 3.02. The Balaban J connectivity index is 2.23. The third-order valence-electron chi connectivity index (χ3n) is 3.61. The summed E-state index contributed by atoms with van der Waals surface area (Å²) >= 11 is 1.43. The van der Waals surface area contributed by atoms with Gasteiger partial charge in [0.1, 0.15) is 0 Å². The van der Waals surface area contributed by atoms with Crippen molar-refractivity contribution in [1.82, 2.24) is 9.27 Å². The van der Waals surface area contributed by atoms with Crippen LogP contribution in [0.25, 0.3) is 0 Å². The van der Waals surface area contributed by atoms with Gasteiger partial charge >= 0.3 is 0 Å². The van der Waals surface area contributed by atoms with Crippen molar-refractivity contribution in [3.63, 3.8) is 0 Å². The van der Waals surface area contributed by atoms with Crippen LogP contribution in [0, 0.1) is 0 Å². The second-order valence-corrected chi connectivity index (χ2v) is 6.78. The van der Waals surface area contributed by atoms with E-state index in [9.17, 15) is 0 Å². The van der Waals surface area contributed by atoms with Crippen LogP contribution in [0.3, 0.4) is 0 Å². The van der Waals surface area contributed by atoms with E-state index in [-0.39, 0.29) is 11.6 Å². The van der Waals surface area contributed by atoms with Gasteiger partial charge in [-0.15, -0.1) is 0 Å². The zero-order valence-electron chi connectivity index (χ0n) is 12.4. The van der Waals surface area contributed by atoms with Gasteiger partial charge in [-0.3, -0.25) is 4.90 Å². The smallest absolute Gasteiger partial charge is 0.198 e. The van der Waals surface area contributed by atoms with E-state index in [0.717, 1.165) is 30.4 Å². The molecule has 19 heavy (non-hydrogen) atoms. The first kappa shape index (κ1) is 14.4. The number of aromatic nitrogens is 1. The monoisotopic (exact) mass is 284 g/mol. The molecule has 1 aromatic rings. The van der Waals surface area contributed by atoms with Crippen molar-refractivity contribution in [2.45, 2.75) is 39.3 Å². The minimum Gasteiger partial charge on any atom is -0.484 e. The lowest BCUT2D eigenvalue weighted by atomic mass is 10.00. The van der Waals surface area contributed by atoms with Crippen LogP contribution in [0.2, 0.25) is 0 Å². The largest absolute Gasteiger partial charge is 0.484 e. The van der Waals surface area contributed by atoms with Crippen LogP contribution < -0.4 is 15.4 Å². The summed E-state index contributed by atoms with van der Waals surface area (Å²) in [7, 11) is 2.17. The first-order valence-electron chi connectivity index (χ1n) is 6.69. The standard InChI is InChI=1S/C13H24N4OS/c1-9(2)18-10-11(14)15-19-12(10)17-7-6-16(5)13(3,4)8-17/h9H,6-8H2,1-5H3,(H2,14,15). The average Bonchev–Trinajstić information content (AvgIpc) is 2.64. The molecule has 0 unspecified atom stereocenters. The fraction of sp³-hybridized carbons (Fsp3) is 0.769. The minimum absolute atomic E-state index is 0.109. The summed E-state index contributed by atoms with van der Waals surface area (Å²) in [6, 6.07) is 0. The molecule has 0 aromatic carbocycles. The Hall–Kier alpha value is -1.01. The molecule has 0 radical (unpaired) electrons. The lowest BCUT2D eigenvalue weighted by Crippen LogP contribution is -2.57. The van der Waals surface area contributed by atoms with Crippen LogP contribution in [-0.4, -0.2) is 47.6 Å². The molecule has 2 heterocycles. The maximum atomic E-state index is 5.93. The van der Waals surface area contributed by atoms with E-state index < -0.39 is 0 Å². The second kappa shape index (κ2) is 5.17. The van der Waals surface area contributed by atoms with Gasteiger partial charge in [-0.2, -0.15) is 4.37 Å². The molecule has 2 N–H and O–H groups in total. The maximum Gasteiger partial charge on any atom is 0.198 e. The topological polar surface area (TPSA) is 54.6 Å². The molecule has 1 saturated heterocycles. The van der Waals surface area contributed by atoms with Gasteiger partial charge in [-0.05, 0) is 46.3 Å². The Morgan fingerprint density at radius 1 is 1.37 bits per heavy atom. The SMILES string of the molecule is CC(C)Oc1c(N)nsc1N1CCN(C)C(C)(C)C1. The van der Waals surface area contributed by atoms with Crippen molar-refractivity contribution in [1.29, 1.82) is 0 Å². The highest BCUT2D eigenvalue weighted by Crippen LogP contribution is 2.40. The lowest BCUT2D eigenvalue weighted by molar-refractivity contribution is 0.138. The third-order valence-corrected chi connectivity index (χ3v) is 4.52. The van der Waals surface area contributed by atoms with Crippen molar-refractivity contribution in [2.24, 2.45) is 0 Å². The molecule has 0 amide bonds. The highest BCUT2D eigenvalue weighted by atomic mass is 32.1. The molecule has 6 heteroatoms. The predicted octanol–water partition coefficient (Wildman–Crippen LogP) is 2.04. The molecule has 5 nitrogen and oxygen atoms in total. The Morgan fingerprint density at radius 3 is 2.63 bits per heavy atom. The number of anilines is 2. The van der Waals surface area contributed by atoms with E-state index >= 15 is 0 Å².